The van der Waals surface area contributed by atoms with Crippen LogP contribution in [-0.2, 0) is 9.59 Å². The van der Waals surface area contributed by atoms with E-state index in [0.29, 0.717) is 5.57 Å². The second kappa shape index (κ2) is 4.30. The van der Waals surface area contributed by atoms with E-state index in [-0.39, 0.29) is 6.42 Å². The SMILES string of the molecule is C=C/C=C(\C)C1(CC)C(=O)NC(=O)NC1=O. The van der Waals surface area contributed by atoms with E-state index in [0.717, 1.165) is 0 Å². The zero-order chi connectivity index (χ0) is 12.3. The van der Waals surface area contributed by atoms with Crippen LogP contribution in [0.5, 0.6) is 0 Å². The molecule has 0 aromatic rings. The van der Waals surface area contributed by atoms with Crippen LogP contribution in [0.4, 0.5) is 4.79 Å². The predicted octanol–water partition coefficient (Wildman–Crippen LogP) is 0.881. The van der Waals surface area contributed by atoms with Gasteiger partial charge in [0.15, 0.2) is 0 Å². The van der Waals surface area contributed by atoms with Crippen LogP contribution in [0.1, 0.15) is 20.3 Å². The Balaban J connectivity index is 3.25. The number of allylic oxidation sites excluding steroid dienone is 2. The van der Waals surface area contributed by atoms with Gasteiger partial charge in [-0.15, -0.1) is 0 Å². The molecule has 0 atom stereocenters. The van der Waals surface area contributed by atoms with Crippen LogP contribution in [0.15, 0.2) is 24.3 Å². The van der Waals surface area contributed by atoms with Crippen molar-refractivity contribution in [3.05, 3.63) is 24.3 Å². The Morgan fingerprint density at radius 3 is 2.19 bits per heavy atom. The molecule has 0 radical (unpaired) electrons. The minimum atomic E-state index is -1.30. The van der Waals surface area contributed by atoms with Gasteiger partial charge in [0.25, 0.3) is 0 Å². The lowest BCUT2D eigenvalue weighted by atomic mass is 9.75. The number of carbonyl (C=O) groups excluding carboxylic acids is 3. The normalized spacial score (nSPS) is 20.1. The standard InChI is InChI=1S/C11H14N2O3/c1-4-6-7(3)11(5-2)8(14)12-10(16)13-9(11)15/h4,6H,1,5H2,2-3H3,(H2,12,13,14,15,16)/b7-6+. The molecule has 0 aromatic carbocycles. The Hall–Kier alpha value is -1.91. The minimum Gasteiger partial charge on any atom is -0.277 e. The summed E-state index contributed by atoms with van der Waals surface area (Å²) in [7, 11) is 0. The van der Waals surface area contributed by atoms with Crippen molar-refractivity contribution in [1.82, 2.24) is 10.6 Å². The maximum Gasteiger partial charge on any atom is 0.328 e. The molecule has 0 spiro atoms. The van der Waals surface area contributed by atoms with E-state index in [2.05, 4.69) is 17.2 Å². The summed E-state index contributed by atoms with van der Waals surface area (Å²) in [4.78, 5) is 34.6. The number of carbonyl (C=O) groups is 3. The second-order valence-corrected chi connectivity index (χ2v) is 3.58. The van der Waals surface area contributed by atoms with Crippen LogP contribution in [0, 0.1) is 5.41 Å². The van der Waals surface area contributed by atoms with Crippen molar-refractivity contribution >= 4 is 17.8 Å². The topological polar surface area (TPSA) is 75.3 Å². The average molecular weight is 222 g/mol. The van der Waals surface area contributed by atoms with E-state index in [1.165, 1.54) is 6.08 Å². The molecule has 1 aliphatic rings. The zero-order valence-corrected chi connectivity index (χ0v) is 9.29. The highest BCUT2D eigenvalue weighted by Gasteiger charge is 2.49. The number of rotatable bonds is 3. The van der Waals surface area contributed by atoms with Gasteiger partial charge in [0.1, 0.15) is 5.41 Å². The maximum absolute atomic E-state index is 11.8. The molecule has 1 saturated heterocycles. The quantitative estimate of drug-likeness (QED) is 0.550. The number of barbiturate groups is 1. The summed E-state index contributed by atoms with van der Waals surface area (Å²) in [5.74, 6) is -1.17. The molecule has 5 heteroatoms. The Labute approximate surface area is 93.6 Å². The van der Waals surface area contributed by atoms with E-state index >= 15 is 0 Å². The van der Waals surface area contributed by atoms with Crippen molar-refractivity contribution in [1.29, 1.82) is 0 Å². The van der Waals surface area contributed by atoms with Crippen molar-refractivity contribution in [2.45, 2.75) is 20.3 Å². The lowest BCUT2D eigenvalue weighted by Crippen LogP contribution is -2.62. The molecule has 1 fully saturated rings. The fourth-order valence-corrected chi connectivity index (χ4v) is 1.83. The van der Waals surface area contributed by atoms with Crippen molar-refractivity contribution in [3.63, 3.8) is 0 Å². The van der Waals surface area contributed by atoms with Crippen molar-refractivity contribution in [3.8, 4) is 0 Å². The Morgan fingerprint density at radius 2 is 1.81 bits per heavy atom. The van der Waals surface area contributed by atoms with Gasteiger partial charge in [-0.25, -0.2) is 4.79 Å². The first kappa shape index (κ1) is 12.2. The molecule has 1 aliphatic heterocycles. The van der Waals surface area contributed by atoms with Gasteiger partial charge in [-0.3, -0.25) is 20.2 Å². The number of hydrogen-bond acceptors (Lipinski definition) is 3. The highest BCUT2D eigenvalue weighted by Crippen LogP contribution is 2.33. The summed E-state index contributed by atoms with van der Waals surface area (Å²) in [6.45, 7) is 6.90. The molecule has 16 heavy (non-hydrogen) atoms. The van der Waals surface area contributed by atoms with Crippen LogP contribution in [-0.4, -0.2) is 17.8 Å². The molecule has 0 aromatic heterocycles. The smallest absolute Gasteiger partial charge is 0.277 e. The summed E-state index contributed by atoms with van der Waals surface area (Å²) >= 11 is 0. The van der Waals surface area contributed by atoms with Gasteiger partial charge in [0, 0.05) is 0 Å². The van der Waals surface area contributed by atoms with E-state index in [1.807, 2.05) is 0 Å². The van der Waals surface area contributed by atoms with Crippen LogP contribution < -0.4 is 10.6 Å². The van der Waals surface area contributed by atoms with Crippen LogP contribution in [0.3, 0.4) is 0 Å². The molecule has 0 unspecified atom stereocenters. The summed E-state index contributed by atoms with van der Waals surface area (Å²) in [6, 6.07) is -0.773. The number of hydrogen-bond donors (Lipinski definition) is 2. The Bertz CT molecular complexity index is 376. The van der Waals surface area contributed by atoms with Gasteiger partial charge in [-0.2, -0.15) is 0 Å². The van der Waals surface area contributed by atoms with E-state index in [1.54, 1.807) is 19.9 Å². The fraction of sp³-hybridized carbons (Fsp3) is 0.364. The third kappa shape index (κ3) is 1.64. The first-order valence-electron chi connectivity index (χ1n) is 4.95. The van der Waals surface area contributed by atoms with Gasteiger partial charge in [0.05, 0.1) is 0 Å². The van der Waals surface area contributed by atoms with E-state index in [9.17, 15) is 14.4 Å². The largest absolute Gasteiger partial charge is 0.328 e. The van der Waals surface area contributed by atoms with Crippen molar-refractivity contribution in [2.75, 3.05) is 0 Å². The van der Waals surface area contributed by atoms with Crippen molar-refractivity contribution in [2.24, 2.45) is 5.41 Å². The molecule has 0 saturated carbocycles. The number of imide groups is 2. The summed E-state index contributed by atoms with van der Waals surface area (Å²) in [5.41, 5.74) is -0.741. The highest BCUT2D eigenvalue weighted by atomic mass is 16.2. The molecular formula is C11H14N2O3. The van der Waals surface area contributed by atoms with E-state index < -0.39 is 23.3 Å². The monoisotopic (exact) mass is 222 g/mol. The summed E-state index contributed by atoms with van der Waals surface area (Å²) in [5, 5.41) is 4.21. The first-order chi connectivity index (χ1) is 7.48. The Kier molecular flexibility index (Phi) is 3.27. The minimum absolute atomic E-state index is 0.286. The van der Waals surface area contributed by atoms with Crippen LogP contribution in [0.2, 0.25) is 0 Å². The molecule has 4 amide bonds. The second-order valence-electron chi connectivity index (χ2n) is 3.58. The molecule has 0 aliphatic carbocycles. The highest BCUT2D eigenvalue weighted by molar-refractivity contribution is 6.21. The molecule has 1 heterocycles. The van der Waals surface area contributed by atoms with Gasteiger partial charge < -0.3 is 0 Å². The molecular weight excluding hydrogens is 208 g/mol. The fourth-order valence-electron chi connectivity index (χ4n) is 1.83. The van der Waals surface area contributed by atoms with Gasteiger partial charge in [0.2, 0.25) is 11.8 Å². The molecule has 2 N–H and O–H groups in total. The number of amides is 4. The lowest BCUT2D eigenvalue weighted by Gasteiger charge is -2.33. The predicted molar refractivity (Wildman–Crippen MR) is 58.4 cm³/mol. The molecule has 1 rings (SSSR count). The van der Waals surface area contributed by atoms with E-state index in [4.69, 9.17) is 0 Å². The van der Waals surface area contributed by atoms with Gasteiger partial charge in [-0.1, -0.05) is 25.7 Å². The van der Waals surface area contributed by atoms with Gasteiger partial charge in [-0.05, 0) is 18.9 Å². The Morgan fingerprint density at radius 1 is 1.31 bits per heavy atom. The number of nitrogens with one attached hydrogen (secondary N) is 2. The summed E-state index contributed by atoms with van der Waals surface area (Å²) in [6.07, 6.45) is 3.39. The lowest BCUT2D eigenvalue weighted by molar-refractivity contribution is -0.141. The van der Waals surface area contributed by atoms with Crippen LogP contribution in [0.25, 0.3) is 0 Å². The zero-order valence-electron chi connectivity index (χ0n) is 9.29. The molecule has 86 valence electrons. The first-order valence-corrected chi connectivity index (χ1v) is 4.95. The number of urea groups is 1. The molecule has 0 bridgehead atoms. The maximum atomic E-state index is 11.8. The van der Waals surface area contributed by atoms with Gasteiger partial charge >= 0.3 is 6.03 Å². The average Bonchev–Trinajstić information content (AvgIpc) is 2.18. The summed E-state index contributed by atoms with van der Waals surface area (Å²) < 4.78 is 0. The third-order valence-electron chi connectivity index (χ3n) is 2.80. The third-order valence-corrected chi connectivity index (χ3v) is 2.80. The van der Waals surface area contributed by atoms with Crippen LogP contribution >= 0.6 is 0 Å². The van der Waals surface area contributed by atoms with Crippen molar-refractivity contribution < 1.29 is 14.4 Å². The molecule has 5 nitrogen and oxygen atoms in total.